The van der Waals surface area contributed by atoms with Gasteiger partial charge in [0.2, 0.25) is 0 Å². The first-order valence-electron chi connectivity index (χ1n) is 6.91. The molecule has 0 aromatic rings. The van der Waals surface area contributed by atoms with Crippen LogP contribution in [-0.4, -0.2) is 37.1 Å². The van der Waals surface area contributed by atoms with Crippen LogP contribution in [0.2, 0.25) is 0 Å². The molecule has 2 nitrogen and oxygen atoms in total. The molecule has 0 heterocycles. The van der Waals surface area contributed by atoms with Crippen molar-refractivity contribution in [3.05, 3.63) is 0 Å². The third-order valence-corrected chi connectivity index (χ3v) is 3.24. The lowest BCUT2D eigenvalue weighted by Gasteiger charge is -2.26. The molecule has 1 N–H and O–H groups in total. The zero-order valence-electron chi connectivity index (χ0n) is 12.2. The average Bonchev–Trinajstić information content (AvgIpc) is 2.16. The Bertz CT molecular complexity index is 157. The van der Waals surface area contributed by atoms with Gasteiger partial charge in [-0.25, -0.2) is 0 Å². The van der Waals surface area contributed by atoms with Crippen LogP contribution in [-0.2, 0) is 0 Å². The van der Waals surface area contributed by atoms with Crippen LogP contribution in [0.1, 0.15) is 53.9 Å². The van der Waals surface area contributed by atoms with Gasteiger partial charge in [0.1, 0.15) is 0 Å². The van der Waals surface area contributed by atoms with Gasteiger partial charge < -0.3 is 10.2 Å². The predicted octanol–water partition coefficient (Wildman–Crippen LogP) is 3.13. The second-order valence-electron chi connectivity index (χ2n) is 5.60. The molecule has 0 aliphatic carbocycles. The Kier molecular flexibility index (Phi) is 8.96. The molecule has 0 saturated heterocycles. The Morgan fingerprint density at radius 2 is 1.75 bits per heavy atom. The van der Waals surface area contributed by atoms with E-state index in [0.717, 1.165) is 19.0 Å². The maximum Gasteiger partial charge on any atom is 0.0107 e. The van der Waals surface area contributed by atoms with Gasteiger partial charge in [0.15, 0.2) is 0 Å². The lowest BCUT2D eigenvalue weighted by atomic mass is 10.0. The smallest absolute Gasteiger partial charge is 0.0107 e. The summed E-state index contributed by atoms with van der Waals surface area (Å²) in [5.41, 5.74) is 0. The normalized spacial score (nSPS) is 15.8. The van der Waals surface area contributed by atoms with Crippen molar-refractivity contribution in [2.75, 3.05) is 20.1 Å². The fraction of sp³-hybridized carbons (Fsp3) is 1.00. The molecule has 0 aliphatic heterocycles. The summed E-state index contributed by atoms with van der Waals surface area (Å²) in [5.74, 6) is 0.796. The van der Waals surface area contributed by atoms with Gasteiger partial charge in [-0.05, 0) is 39.7 Å². The van der Waals surface area contributed by atoms with Crippen LogP contribution in [0.15, 0.2) is 0 Å². The second-order valence-corrected chi connectivity index (χ2v) is 5.60. The van der Waals surface area contributed by atoms with Crippen LogP contribution in [0, 0.1) is 5.92 Å². The molecule has 0 bridgehead atoms. The lowest BCUT2D eigenvalue weighted by molar-refractivity contribution is 0.226. The van der Waals surface area contributed by atoms with E-state index in [2.05, 4.69) is 51.9 Å². The molecule has 0 radical (unpaired) electrons. The zero-order valence-corrected chi connectivity index (χ0v) is 12.2. The van der Waals surface area contributed by atoms with E-state index >= 15 is 0 Å². The van der Waals surface area contributed by atoms with Crippen molar-refractivity contribution in [3.63, 3.8) is 0 Å². The first-order chi connectivity index (χ1) is 7.47. The highest BCUT2D eigenvalue weighted by atomic mass is 15.1. The molecule has 0 saturated carbocycles. The van der Waals surface area contributed by atoms with E-state index in [1.165, 1.54) is 19.3 Å². The molecule has 0 aliphatic rings. The quantitative estimate of drug-likeness (QED) is 0.652. The molecule has 0 aromatic heterocycles. The Morgan fingerprint density at radius 1 is 1.12 bits per heavy atom. The minimum Gasteiger partial charge on any atom is -0.313 e. The SMILES string of the molecule is CCCC(C)NCCN(C)C(C)CC(C)C. The number of likely N-dealkylation sites (N-methyl/N-ethyl adjacent to an activating group) is 1. The minimum absolute atomic E-state index is 0.666. The van der Waals surface area contributed by atoms with E-state index in [9.17, 15) is 0 Å². The van der Waals surface area contributed by atoms with E-state index in [1.54, 1.807) is 0 Å². The number of hydrogen-bond donors (Lipinski definition) is 1. The van der Waals surface area contributed by atoms with Crippen LogP contribution >= 0.6 is 0 Å². The van der Waals surface area contributed by atoms with E-state index in [0.29, 0.717) is 12.1 Å². The summed E-state index contributed by atoms with van der Waals surface area (Å²) in [4.78, 5) is 2.46. The molecule has 0 fully saturated rings. The summed E-state index contributed by atoms with van der Waals surface area (Å²) in [6.07, 6.45) is 3.85. The van der Waals surface area contributed by atoms with Gasteiger partial charge in [-0.1, -0.05) is 27.2 Å². The van der Waals surface area contributed by atoms with E-state index in [4.69, 9.17) is 0 Å². The minimum atomic E-state index is 0.666. The molecule has 98 valence electrons. The van der Waals surface area contributed by atoms with Crippen LogP contribution in [0.3, 0.4) is 0 Å². The first-order valence-corrected chi connectivity index (χ1v) is 6.91. The standard InChI is InChI=1S/C14H32N2/c1-7-8-13(4)15-9-10-16(6)14(5)11-12(2)3/h12-15H,7-11H2,1-6H3. The maximum atomic E-state index is 3.58. The van der Waals surface area contributed by atoms with Gasteiger partial charge in [-0.3, -0.25) is 0 Å². The van der Waals surface area contributed by atoms with Crippen LogP contribution in [0.4, 0.5) is 0 Å². The van der Waals surface area contributed by atoms with Gasteiger partial charge in [0.25, 0.3) is 0 Å². The van der Waals surface area contributed by atoms with Crippen molar-refractivity contribution >= 4 is 0 Å². The lowest BCUT2D eigenvalue weighted by Crippen LogP contribution is -2.38. The summed E-state index contributed by atoms with van der Waals surface area (Å²) < 4.78 is 0. The molecule has 16 heavy (non-hydrogen) atoms. The molecular weight excluding hydrogens is 196 g/mol. The van der Waals surface area contributed by atoms with E-state index in [1.807, 2.05) is 0 Å². The fourth-order valence-corrected chi connectivity index (χ4v) is 2.10. The number of nitrogens with one attached hydrogen (secondary N) is 1. The van der Waals surface area contributed by atoms with Crippen molar-refractivity contribution in [3.8, 4) is 0 Å². The van der Waals surface area contributed by atoms with Crippen molar-refractivity contribution in [1.29, 1.82) is 0 Å². The molecule has 0 spiro atoms. The van der Waals surface area contributed by atoms with Crippen LogP contribution < -0.4 is 5.32 Å². The van der Waals surface area contributed by atoms with Gasteiger partial charge in [-0.2, -0.15) is 0 Å². The van der Waals surface area contributed by atoms with Crippen molar-refractivity contribution in [1.82, 2.24) is 10.2 Å². The Labute approximate surface area is 103 Å². The molecule has 0 amide bonds. The molecule has 2 atom stereocenters. The van der Waals surface area contributed by atoms with Gasteiger partial charge >= 0.3 is 0 Å². The number of hydrogen-bond acceptors (Lipinski definition) is 2. The molecule has 2 heteroatoms. The largest absolute Gasteiger partial charge is 0.313 e. The predicted molar refractivity (Wildman–Crippen MR) is 73.9 cm³/mol. The Balaban J connectivity index is 3.59. The van der Waals surface area contributed by atoms with E-state index in [-0.39, 0.29) is 0 Å². The maximum absolute atomic E-state index is 3.58. The summed E-state index contributed by atoms with van der Waals surface area (Å²) >= 11 is 0. The zero-order chi connectivity index (χ0) is 12.6. The van der Waals surface area contributed by atoms with Gasteiger partial charge in [-0.15, -0.1) is 0 Å². The summed E-state index contributed by atoms with van der Waals surface area (Å²) in [6.45, 7) is 13.7. The van der Waals surface area contributed by atoms with E-state index < -0.39 is 0 Å². The third-order valence-electron chi connectivity index (χ3n) is 3.24. The topological polar surface area (TPSA) is 15.3 Å². The third kappa shape index (κ3) is 8.12. The van der Waals surface area contributed by atoms with Crippen LogP contribution in [0.5, 0.6) is 0 Å². The van der Waals surface area contributed by atoms with Crippen molar-refractivity contribution < 1.29 is 0 Å². The van der Waals surface area contributed by atoms with Crippen LogP contribution in [0.25, 0.3) is 0 Å². The molecular formula is C14H32N2. The highest BCUT2D eigenvalue weighted by Gasteiger charge is 2.10. The summed E-state index contributed by atoms with van der Waals surface area (Å²) in [6, 6.07) is 1.36. The molecule has 0 aromatic carbocycles. The van der Waals surface area contributed by atoms with Gasteiger partial charge in [0, 0.05) is 25.2 Å². The summed E-state index contributed by atoms with van der Waals surface area (Å²) in [5, 5.41) is 3.58. The summed E-state index contributed by atoms with van der Waals surface area (Å²) in [7, 11) is 2.24. The second kappa shape index (κ2) is 9.00. The Hall–Kier alpha value is -0.0800. The van der Waals surface area contributed by atoms with Crippen molar-refractivity contribution in [2.24, 2.45) is 5.92 Å². The highest BCUT2D eigenvalue weighted by molar-refractivity contribution is 4.67. The van der Waals surface area contributed by atoms with Gasteiger partial charge in [0.05, 0.1) is 0 Å². The van der Waals surface area contributed by atoms with Crippen molar-refractivity contribution in [2.45, 2.75) is 66.0 Å². The fourth-order valence-electron chi connectivity index (χ4n) is 2.10. The number of nitrogens with zero attached hydrogens (tertiary/aromatic N) is 1. The highest BCUT2D eigenvalue weighted by Crippen LogP contribution is 2.08. The Morgan fingerprint density at radius 3 is 2.25 bits per heavy atom. The molecule has 0 rings (SSSR count). The number of rotatable bonds is 9. The first kappa shape index (κ1) is 15.9. The molecule has 2 unspecified atom stereocenters. The monoisotopic (exact) mass is 228 g/mol. The average molecular weight is 228 g/mol.